The zero-order chi connectivity index (χ0) is 19.5. The van der Waals surface area contributed by atoms with Gasteiger partial charge in [0.2, 0.25) is 0 Å². The molecule has 0 radical (unpaired) electrons. The van der Waals surface area contributed by atoms with Crippen molar-refractivity contribution in [1.29, 1.82) is 0 Å². The molecule has 0 aliphatic rings. The quantitative estimate of drug-likeness (QED) is 0.378. The van der Waals surface area contributed by atoms with Gasteiger partial charge in [-0.2, -0.15) is 5.10 Å². The predicted octanol–water partition coefficient (Wildman–Crippen LogP) is 3.88. The van der Waals surface area contributed by atoms with Crippen LogP contribution in [0.15, 0.2) is 53.6 Å². The monoisotopic (exact) mass is 370 g/mol. The topological polar surface area (TPSA) is 80.2 Å². The first-order valence-corrected chi connectivity index (χ1v) is 9.10. The highest BCUT2D eigenvalue weighted by Crippen LogP contribution is 2.19. The number of amides is 1. The van der Waals surface area contributed by atoms with Gasteiger partial charge in [0, 0.05) is 5.56 Å². The molecule has 2 aromatic rings. The number of aromatic hydroxyl groups is 1. The lowest BCUT2D eigenvalue weighted by Gasteiger charge is -2.13. The molecule has 0 bridgehead atoms. The third-order valence-corrected chi connectivity index (χ3v) is 3.84. The zero-order valence-corrected chi connectivity index (χ0v) is 15.7. The standard InChI is InChI=1S/C21H26N2O4/c1-3-4-7-14-26-18-10-12-19(13-11-18)27-16(2)21(25)23-22-15-17-8-5-6-9-20(17)24/h5-6,8-13,15-16,24H,3-4,7,14H2,1-2H3,(H,23,25)/b22-15-/t16-/m1/s1. The summed E-state index contributed by atoms with van der Waals surface area (Å²) in [4.78, 5) is 12.1. The van der Waals surface area contributed by atoms with E-state index >= 15 is 0 Å². The molecule has 0 heterocycles. The molecule has 0 aliphatic heterocycles. The Balaban J connectivity index is 1.79. The molecule has 0 saturated heterocycles. The van der Waals surface area contributed by atoms with E-state index in [9.17, 15) is 9.90 Å². The first-order chi connectivity index (χ1) is 13.1. The summed E-state index contributed by atoms with van der Waals surface area (Å²) >= 11 is 0. The number of nitrogens with zero attached hydrogens (tertiary/aromatic N) is 1. The van der Waals surface area contributed by atoms with Crippen molar-refractivity contribution >= 4 is 12.1 Å². The van der Waals surface area contributed by atoms with Crippen LogP contribution in [0.5, 0.6) is 17.2 Å². The van der Waals surface area contributed by atoms with Crippen LogP contribution in [-0.2, 0) is 4.79 Å². The molecular weight excluding hydrogens is 344 g/mol. The van der Waals surface area contributed by atoms with Crippen LogP contribution in [0, 0.1) is 0 Å². The molecular formula is C21H26N2O4. The maximum Gasteiger partial charge on any atom is 0.280 e. The molecule has 0 fully saturated rings. The van der Waals surface area contributed by atoms with Gasteiger partial charge in [-0.05, 0) is 49.7 Å². The second-order valence-corrected chi connectivity index (χ2v) is 6.08. The molecule has 0 aliphatic carbocycles. The van der Waals surface area contributed by atoms with Crippen LogP contribution in [0.3, 0.4) is 0 Å². The Morgan fingerprint density at radius 1 is 1.15 bits per heavy atom. The molecule has 6 nitrogen and oxygen atoms in total. The van der Waals surface area contributed by atoms with Crippen molar-refractivity contribution in [2.24, 2.45) is 5.10 Å². The van der Waals surface area contributed by atoms with Crippen LogP contribution < -0.4 is 14.9 Å². The molecule has 0 saturated carbocycles. The van der Waals surface area contributed by atoms with Crippen LogP contribution in [0.2, 0.25) is 0 Å². The highest BCUT2D eigenvalue weighted by Gasteiger charge is 2.14. The molecule has 1 amide bonds. The summed E-state index contributed by atoms with van der Waals surface area (Å²) in [5.41, 5.74) is 2.91. The number of hydrazone groups is 1. The van der Waals surface area contributed by atoms with Crippen LogP contribution in [0.25, 0.3) is 0 Å². The second kappa shape index (κ2) is 10.9. The number of unbranched alkanes of at least 4 members (excludes halogenated alkanes) is 2. The van der Waals surface area contributed by atoms with E-state index < -0.39 is 6.10 Å². The molecule has 0 aromatic heterocycles. The van der Waals surface area contributed by atoms with E-state index in [-0.39, 0.29) is 11.7 Å². The molecule has 2 N–H and O–H groups in total. The summed E-state index contributed by atoms with van der Waals surface area (Å²) in [7, 11) is 0. The number of carbonyl (C=O) groups excluding carboxylic acids is 1. The van der Waals surface area contributed by atoms with Gasteiger partial charge in [0.25, 0.3) is 5.91 Å². The number of nitrogens with one attached hydrogen (secondary N) is 1. The first-order valence-electron chi connectivity index (χ1n) is 9.10. The number of hydrogen-bond donors (Lipinski definition) is 2. The number of phenols is 1. The molecule has 2 aromatic carbocycles. The van der Waals surface area contributed by atoms with E-state index in [0.717, 1.165) is 25.0 Å². The SMILES string of the molecule is CCCCCOc1ccc(O[C@H](C)C(=O)N/N=C\c2ccccc2O)cc1. The maximum atomic E-state index is 12.1. The van der Waals surface area contributed by atoms with Crippen LogP contribution in [0.1, 0.15) is 38.7 Å². The fourth-order valence-corrected chi connectivity index (χ4v) is 2.27. The summed E-state index contributed by atoms with van der Waals surface area (Å²) in [5, 5.41) is 13.5. The fraction of sp³-hybridized carbons (Fsp3) is 0.333. The summed E-state index contributed by atoms with van der Waals surface area (Å²) < 4.78 is 11.3. The highest BCUT2D eigenvalue weighted by molar-refractivity contribution is 5.86. The van der Waals surface area contributed by atoms with E-state index in [1.54, 1.807) is 43.3 Å². The number of phenolic OH excluding ortho intramolecular Hbond substituents is 1. The Morgan fingerprint density at radius 3 is 2.56 bits per heavy atom. The van der Waals surface area contributed by atoms with Crippen molar-refractivity contribution in [3.63, 3.8) is 0 Å². The van der Waals surface area contributed by atoms with Gasteiger partial charge in [0.05, 0.1) is 12.8 Å². The summed E-state index contributed by atoms with van der Waals surface area (Å²) in [6.45, 7) is 4.49. The van der Waals surface area contributed by atoms with E-state index in [0.29, 0.717) is 17.9 Å². The molecule has 6 heteroatoms. The third kappa shape index (κ3) is 7.01. The molecule has 2 rings (SSSR count). The Kier molecular flexibility index (Phi) is 8.16. The summed E-state index contributed by atoms with van der Waals surface area (Å²) in [6.07, 6.45) is 4.01. The normalized spacial score (nSPS) is 11.9. The van der Waals surface area contributed by atoms with Crippen molar-refractivity contribution in [3.8, 4) is 17.2 Å². The molecule has 27 heavy (non-hydrogen) atoms. The minimum absolute atomic E-state index is 0.0943. The van der Waals surface area contributed by atoms with Crippen molar-refractivity contribution < 1.29 is 19.4 Å². The van der Waals surface area contributed by atoms with Crippen molar-refractivity contribution in [3.05, 3.63) is 54.1 Å². The van der Waals surface area contributed by atoms with Crippen molar-refractivity contribution in [1.82, 2.24) is 5.43 Å². The molecule has 0 unspecified atom stereocenters. The lowest BCUT2D eigenvalue weighted by Crippen LogP contribution is -2.33. The van der Waals surface area contributed by atoms with Gasteiger partial charge in [-0.1, -0.05) is 31.9 Å². The minimum atomic E-state index is -0.720. The zero-order valence-electron chi connectivity index (χ0n) is 15.7. The second-order valence-electron chi connectivity index (χ2n) is 6.08. The van der Waals surface area contributed by atoms with Gasteiger partial charge < -0.3 is 14.6 Å². The van der Waals surface area contributed by atoms with E-state index in [1.165, 1.54) is 6.21 Å². The number of rotatable bonds is 10. The Morgan fingerprint density at radius 2 is 1.85 bits per heavy atom. The molecule has 1 atom stereocenters. The first kappa shape index (κ1) is 20.3. The molecule has 144 valence electrons. The van der Waals surface area contributed by atoms with Crippen molar-refractivity contribution in [2.45, 2.75) is 39.2 Å². The lowest BCUT2D eigenvalue weighted by atomic mass is 10.2. The number of para-hydroxylation sites is 1. The van der Waals surface area contributed by atoms with Crippen LogP contribution in [0.4, 0.5) is 0 Å². The largest absolute Gasteiger partial charge is 0.507 e. The number of benzene rings is 2. The van der Waals surface area contributed by atoms with Gasteiger partial charge in [0.15, 0.2) is 6.10 Å². The maximum absolute atomic E-state index is 12.1. The number of hydrogen-bond acceptors (Lipinski definition) is 5. The van der Waals surface area contributed by atoms with Crippen LogP contribution in [-0.4, -0.2) is 29.9 Å². The lowest BCUT2D eigenvalue weighted by molar-refractivity contribution is -0.127. The third-order valence-electron chi connectivity index (χ3n) is 3.84. The summed E-state index contributed by atoms with van der Waals surface area (Å²) in [5.74, 6) is 1.06. The van der Waals surface area contributed by atoms with E-state index in [2.05, 4.69) is 17.5 Å². The van der Waals surface area contributed by atoms with Gasteiger partial charge in [0.1, 0.15) is 17.2 Å². The van der Waals surface area contributed by atoms with Gasteiger partial charge >= 0.3 is 0 Å². The van der Waals surface area contributed by atoms with E-state index in [1.807, 2.05) is 12.1 Å². The average Bonchev–Trinajstić information content (AvgIpc) is 2.68. The van der Waals surface area contributed by atoms with Gasteiger partial charge in [-0.3, -0.25) is 4.79 Å². The van der Waals surface area contributed by atoms with Crippen molar-refractivity contribution in [2.75, 3.05) is 6.61 Å². The Bertz CT molecular complexity index is 744. The fourth-order valence-electron chi connectivity index (χ4n) is 2.27. The Hall–Kier alpha value is -3.02. The molecule has 0 spiro atoms. The van der Waals surface area contributed by atoms with Crippen LogP contribution >= 0.6 is 0 Å². The highest BCUT2D eigenvalue weighted by atomic mass is 16.5. The summed E-state index contributed by atoms with van der Waals surface area (Å²) in [6, 6.07) is 13.9. The Labute approximate surface area is 159 Å². The van der Waals surface area contributed by atoms with Gasteiger partial charge in [-0.25, -0.2) is 5.43 Å². The van der Waals surface area contributed by atoms with E-state index in [4.69, 9.17) is 9.47 Å². The average molecular weight is 370 g/mol. The number of ether oxygens (including phenoxy) is 2. The predicted molar refractivity (Wildman–Crippen MR) is 105 cm³/mol. The number of carbonyl (C=O) groups is 1. The smallest absolute Gasteiger partial charge is 0.280 e. The van der Waals surface area contributed by atoms with Gasteiger partial charge in [-0.15, -0.1) is 0 Å². The minimum Gasteiger partial charge on any atom is -0.507 e.